The van der Waals surface area contributed by atoms with Crippen LogP contribution in [0.5, 0.6) is 0 Å². The van der Waals surface area contributed by atoms with E-state index in [4.69, 9.17) is 0 Å². The number of piperazine rings is 2. The van der Waals surface area contributed by atoms with E-state index in [0.717, 1.165) is 61.7 Å². The molecule has 1 aliphatic carbocycles. The highest BCUT2D eigenvalue weighted by Crippen LogP contribution is 2.38. The van der Waals surface area contributed by atoms with Gasteiger partial charge in [-0.1, -0.05) is 24.3 Å². The summed E-state index contributed by atoms with van der Waals surface area (Å²) in [5.74, 6) is 0.510. The number of hydrogen-bond acceptors (Lipinski definition) is 6. The summed E-state index contributed by atoms with van der Waals surface area (Å²) in [4.78, 5) is 26.7. The lowest BCUT2D eigenvalue weighted by Crippen LogP contribution is -2.49. The molecule has 1 amide bonds. The van der Waals surface area contributed by atoms with Crippen molar-refractivity contribution in [1.29, 1.82) is 5.26 Å². The first-order valence-corrected chi connectivity index (χ1v) is 13.4. The number of carbonyl (C=O) groups is 1. The fraction of sp³-hybridized carbons (Fsp3) is 0.367. The summed E-state index contributed by atoms with van der Waals surface area (Å²) in [6, 6.07) is 19.8. The maximum absolute atomic E-state index is 13.6. The number of hydrogen-bond donors (Lipinski definition) is 0. The highest BCUT2D eigenvalue weighted by molar-refractivity contribution is 5.96. The lowest BCUT2D eigenvalue weighted by molar-refractivity contribution is 0.0745. The van der Waals surface area contributed by atoms with E-state index in [1.165, 1.54) is 23.4 Å². The van der Waals surface area contributed by atoms with Crippen LogP contribution in [0.1, 0.15) is 39.5 Å². The van der Waals surface area contributed by atoms with Gasteiger partial charge in [-0.3, -0.25) is 9.69 Å². The summed E-state index contributed by atoms with van der Waals surface area (Å²) in [6.07, 6.45) is 3.18. The topological polar surface area (TPSA) is 66.7 Å². The Balaban J connectivity index is 1.11. The number of nitrogens with zero attached hydrogens (tertiary/aromatic N) is 6. The molecule has 7 nitrogen and oxygen atoms in total. The van der Waals surface area contributed by atoms with Crippen LogP contribution in [0.4, 0.5) is 15.9 Å². The number of halogens is 1. The zero-order valence-electron chi connectivity index (χ0n) is 21.4. The molecule has 0 spiro atoms. The molecule has 1 unspecified atom stereocenters. The average Bonchev–Trinajstić information content (AvgIpc) is 3.42. The SMILES string of the molecule is N#Cc1ccccc1N1CCN(C2CCc3c(C(=O)N4CCN(c5ccc(F)cn5)CC4)cccc32)CC1. The monoisotopic (exact) mass is 510 g/mol. The van der Waals surface area contributed by atoms with E-state index in [0.29, 0.717) is 32.2 Å². The normalized spacial score (nSPS) is 19.8. The number of aromatic nitrogens is 1. The van der Waals surface area contributed by atoms with Crippen LogP contribution >= 0.6 is 0 Å². The van der Waals surface area contributed by atoms with Gasteiger partial charge in [0.05, 0.1) is 17.4 Å². The van der Waals surface area contributed by atoms with Crippen molar-refractivity contribution in [2.45, 2.75) is 18.9 Å². The van der Waals surface area contributed by atoms with Crippen LogP contribution in [0.3, 0.4) is 0 Å². The van der Waals surface area contributed by atoms with Crippen molar-refractivity contribution < 1.29 is 9.18 Å². The number of nitriles is 1. The number of fused-ring (bicyclic) bond motifs is 1. The van der Waals surface area contributed by atoms with Crippen LogP contribution in [0.15, 0.2) is 60.8 Å². The van der Waals surface area contributed by atoms with Gasteiger partial charge in [0.1, 0.15) is 17.7 Å². The van der Waals surface area contributed by atoms with Crippen LogP contribution < -0.4 is 9.80 Å². The van der Waals surface area contributed by atoms with Gasteiger partial charge in [0, 0.05) is 64.0 Å². The molecule has 3 aromatic rings. The Labute approximate surface area is 222 Å². The van der Waals surface area contributed by atoms with Crippen molar-refractivity contribution in [2.24, 2.45) is 0 Å². The summed E-state index contributed by atoms with van der Waals surface area (Å²) in [7, 11) is 0. The fourth-order valence-corrected chi connectivity index (χ4v) is 6.19. The van der Waals surface area contributed by atoms with Crippen molar-refractivity contribution >= 4 is 17.4 Å². The van der Waals surface area contributed by atoms with E-state index in [9.17, 15) is 14.4 Å². The van der Waals surface area contributed by atoms with Crippen molar-refractivity contribution in [3.63, 3.8) is 0 Å². The number of amides is 1. The lowest BCUT2D eigenvalue weighted by Gasteiger charge is -2.39. The molecule has 0 radical (unpaired) electrons. The van der Waals surface area contributed by atoms with Gasteiger partial charge >= 0.3 is 0 Å². The van der Waals surface area contributed by atoms with Crippen LogP contribution in [0, 0.1) is 17.1 Å². The quantitative estimate of drug-likeness (QED) is 0.531. The van der Waals surface area contributed by atoms with E-state index in [2.05, 4.69) is 31.8 Å². The van der Waals surface area contributed by atoms with Crippen molar-refractivity contribution in [2.75, 3.05) is 62.2 Å². The summed E-state index contributed by atoms with van der Waals surface area (Å²) in [5, 5.41) is 9.49. The molecule has 2 aromatic carbocycles. The minimum atomic E-state index is -0.343. The third kappa shape index (κ3) is 4.59. The molecule has 8 heteroatoms. The van der Waals surface area contributed by atoms with E-state index in [1.807, 2.05) is 41.3 Å². The molecule has 1 atom stereocenters. The highest BCUT2D eigenvalue weighted by atomic mass is 19.1. The zero-order chi connectivity index (χ0) is 26.1. The number of para-hydroxylation sites is 1. The largest absolute Gasteiger partial charge is 0.368 e. The number of pyridine rings is 1. The number of rotatable bonds is 4. The average molecular weight is 511 g/mol. The second kappa shape index (κ2) is 10.4. The third-order valence-corrected chi connectivity index (χ3v) is 8.19. The molecule has 3 heterocycles. The lowest BCUT2D eigenvalue weighted by atomic mass is 10.00. The van der Waals surface area contributed by atoms with Gasteiger partial charge in [0.2, 0.25) is 0 Å². The number of anilines is 2. The fourth-order valence-electron chi connectivity index (χ4n) is 6.19. The molecule has 0 bridgehead atoms. The first kappa shape index (κ1) is 24.4. The molecule has 2 saturated heterocycles. The molecule has 2 fully saturated rings. The van der Waals surface area contributed by atoms with E-state index < -0.39 is 0 Å². The Hall–Kier alpha value is -3.96. The van der Waals surface area contributed by atoms with Crippen LogP contribution in [-0.2, 0) is 6.42 Å². The highest BCUT2D eigenvalue weighted by Gasteiger charge is 2.34. The standard InChI is InChI=1S/C30H31FN6O/c31-23-8-11-29(33-21-23)36-16-18-37(19-17-36)30(38)26-6-3-5-25-24(26)9-10-28(25)35-14-12-34(13-15-35)27-7-2-1-4-22(27)20-32/h1-8,11,21,28H,9-10,12-19H2. The van der Waals surface area contributed by atoms with Gasteiger partial charge in [0.15, 0.2) is 0 Å². The molecule has 194 valence electrons. The molecule has 0 N–H and O–H groups in total. The van der Waals surface area contributed by atoms with Gasteiger partial charge in [0.25, 0.3) is 5.91 Å². The number of benzene rings is 2. The Morgan fingerprint density at radius 2 is 1.66 bits per heavy atom. The first-order chi connectivity index (χ1) is 18.6. The van der Waals surface area contributed by atoms with Gasteiger partial charge < -0.3 is 14.7 Å². The second-order valence-electron chi connectivity index (χ2n) is 10.2. The van der Waals surface area contributed by atoms with Crippen molar-refractivity contribution in [3.8, 4) is 6.07 Å². The van der Waals surface area contributed by atoms with E-state index >= 15 is 0 Å². The first-order valence-electron chi connectivity index (χ1n) is 13.4. The van der Waals surface area contributed by atoms with Gasteiger partial charge in [-0.05, 0) is 54.3 Å². The molecule has 1 aromatic heterocycles. The second-order valence-corrected chi connectivity index (χ2v) is 10.2. The molecular formula is C30H31FN6O. The Kier molecular flexibility index (Phi) is 6.69. The minimum Gasteiger partial charge on any atom is -0.368 e. The van der Waals surface area contributed by atoms with Crippen LogP contribution in [-0.4, -0.2) is 73.0 Å². The van der Waals surface area contributed by atoms with Gasteiger partial charge in [-0.2, -0.15) is 5.26 Å². The molecule has 2 aliphatic heterocycles. The summed E-state index contributed by atoms with van der Waals surface area (Å²) >= 11 is 0. The van der Waals surface area contributed by atoms with E-state index in [1.54, 1.807) is 6.07 Å². The molecule has 3 aliphatic rings. The maximum Gasteiger partial charge on any atom is 0.254 e. The molecular weight excluding hydrogens is 479 g/mol. The Morgan fingerprint density at radius 1 is 0.895 bits per heavy atom. The molecule has 38 heavy (non-hydrogen) atoms. The van der Waals surface area contributed by atoms with Gasteiger partial charge in [-0.15, -0.1) is 0 Å². The van der Waals surface area contributed by atoms with Gasteiger partial charge in [-0.25, -0.2) is 9.37 Å². The minimum absolute atomic E-state index is 0.104. The predicted octanol–water partition coefficient (Wildman–Crippen LogP) is 3.86. The molecule has 6 rings (SSSR count). The van der Waals surface area contributed by atoms with E-state index in [-0.39, 0.29) is 11.7 Å². The Bertz CT molecular complexity index is 1350. The maximum atomic E-state index is 13.6. The predicted molar refractivity (Wildman–Crippen MR) is 145 cm³/mol. The van der Waals surface area contributed by atoms with Crippen LogP contribution in [0.2, 0.25) is 0 Å². The Morgan fingerprint density at radius 3 is 2.39 bits per heavy atom. The van der Waals surface area contributed by atoms with Crippen LogP contribution in [0.25, 0.3) is 0 Å². The number of carbonyl (C=O) groups excluding carboxylic acids is 1. The van der Waals surface area contributed by atoms with Crippen molar-refractivity contribution in [3.05, 3.63) is 88.9 Å². The summed E-state index contributed by atoms with van der Waals surface area (Å²) in [5.41, 5.74) is 5.06. The smallest absolute Gasteiger partial charge is 0.254 e. The third-order valence-electron chi connectivity index (χ3n) is 8.19. The zero-order valence-corrected chi connectivity index (χ0v) is 21.4. The van der Waals surface area contributed by atoms with Crippen molar-refractivity contribution in [1.82, 2.24) is 14.8 Å². The summed E-state index contributed by atoms with van der Waals surface area (Å²) in [6.45, 7) is 6.24. The summed E-state index contributed by atoms with van der Waals surface area (Å²) < 4.78 is 13.2. The molecule has 0 saturated carbocycles.